The zero-order valence-electron chi connectivity index (χ0n) is 14.2. The topological polar surface area (TPSA) is 31.4 Å². The standard InChI is InChI=1S/C17H30N4/c1-6-18-11-14-9-16(13(2)3)19-17(10-14)21-8-7-15(12-21)20(4)5/h9-10,13,15,18H,6-8,11-12H2,1-5H3. The van der Waals surface area contributed by atoms with Gasteiger partial charge in [0.25, 0.3) is 0 Å². The Morgan fingerprint density at radius 3 is 2.71 bits per heavy atom. The van der Waals surface area contributed by atoms with E-state index >= 15 is 0 Å². The van der Waals surface area contributed by atoms with E-state index in [1.54, 1.807) is 0 Å². The zero-order chi connectivity index (χ0) is 15.4. The summed E-state index contributed by atoms with van der Waals surface area (Å²) in [5, 5.41) is 3.42. The van der Waals surface area contributed by atoms with Crippen LogP contribution >= 0.6 is 0 Å². The molecule has 0 saturated carbocycles. The Morgan fingerprint density at radius 2 is 2.14 bits per heavy atom. The summed E-state index contributed by atoms with van der Waals surface area (Å²) in [7, 11) is 4.34. The number of anilines is 1. The fraction of sp³-hybridized carbons (Fsp3) is 0.706. The van der Waals surface area contributed by atoms with Crippen LogP contribution in [0.1, 0.15) is 44.4 Å². The molecule has 0 bridgehead atoms. The monoisotopic (exact) mass is 290 g/mol. The van der Waals surface area contributed by atoms with Crippen LogP contribution in [0.25, 0.3) is 0 Å². The predicted molar refractivity (Wildman–Crippen MR) is 90.0 cm³/mol. The fourth-order valence-electron chi connectivity index (χ4n) is 2.79. The van der Waals surface area contributed by atoms with Crippen LogP contribution in [-0.2, 0) is 6.54 Å². The zero-order valence-corrected chi connectivity index (χ0v) is 14.2. The molecule has 1 aliphatic heterocycles. The minimum absolute atomic E-state index is 0.470. The molecule has 2 rings (SSSR count). The van der Waals surface area contributed by atoms with Gasteiger partial charge in [0.05, 0.1) is 0 Å². The minimum Gasteiger partial charge on any atom is -0.355 e. The lowest BCUT2D eigenvalue weighted by molar-refractivity contribution is 0.315. The van der Waals surface area contributed by atoms with Crippen molar-refractivity contribution in [2.24, 2.45) is 0 Å². The van der Waals surface area contributed by atoms with Crippen LogP contribution in [0, 0.1) is 0 Å². The molecule has 21 heavy (non-hydrogen) atoms. The lowest BCUT2D eigenvalue weighted by atomic mass is 10.1. The second-order valence-corrected chi connectivity index (χ2v) is 6.55. The number of nitrogens with zero attached hydrogens (tertiary/aromatic N) is 3. The van der Waals surface area contributed by atoms with Crippen LogP contribution < -0.4 is 10.2 Å². The molecule has 4 nitrogen and oxygen atoms in total. The summed E-state index contributed by atoms with van der Waals surface area (Å²) in [6, 6.07) is 5.15. The number of rotatable bonds is 6. The molecular formula is C17H30N4. The van der Waals surface area contributed by atoms with Gasteiger partial charge in [-0.2, -0.15) is 0 Å². The van der Waals surface area contributed by atoms with E-state index < -0.39 is 0 Å². The average Bonchev–Trinajstić information content (AvgIpc) is 2.94. The van der Waals surface area contributed by atoms with Crippen molar-refractivity contribution in [3.8, 4) is 0 Å². The molecule has 1 N–H and O–H groups in total. The Balaban J connectivity index is 2.19. The van der Waals surface area contributed by atoms with Crippen LogP contribution in [0.2, 0.25) is 0 Å². The minimum atomic E-state index is 0.470. The molecule has 1 aliphatic rings. The molecule has 4 heteroatoms. The third-order valence-electron chi connectivity index (χ3n) is 4.28. The summed E-state index contributed by atoms with van der Waals surface area (Å²) in [6.07, 6.45) is 1.23. The van der Waals surface area contributed by atoms with Crippen molar-refractivity contribution in [3.05, 3.63) is 23.4 Å². The maximum absolute atomic E-state index is 4.90. The first-order chi connectivity index (χ1) is 10.0. The predicted octanol–water partition coefficient (Wildman–Crippen LogP) is 2.45. The number of hydrogen-bond acceptors (Lipinski definition) is 4. The molecule has 1 atom stereocenters. The van der Waals surface area contributed by atoms with Crippen molar-refractivity contribution in [1.29, 1.82) is 0 Å². The number of aromatic nitrogens is 1. The first kappa shape index (κ1) is 16.2. The highest BCUT2D eigenvalue weighted by Crippen LogP contribution is 2.24. The Bertz CT molecular complexity index is 456. The van der Waals surface area contributed by atoms with Gasteiger partial charge in [0.2, 0.25) is 0 Å². The van der Waals surface area contributed by atoms with E-state index in [1.165, 1.54) is 17.7 Å². The molecule has 1 fully saturated rings. The fourth-order valence-corrected chi connectivity index (χ4v) is 2.79. The molecular weight excluding hydrogens is 260 g/mol. The Morgan fingerprint density at radius 1 is 1.38 bits per heavy atom. The number of pyridine rings is 1. The van der Waals surface area contributed by atoms with Gasteiger partial charge >= 0.3 is 0 Å². The van der Waals surface area contributed by atoms with Crippen LogP contribution in [0.15, 0.2) is 12.1 Å². The lowest BCUT2D eigenvalue weighted by Crippen LogP contribution is -2.31. The molecule has 1 unspecified atom stereocenters. The number of hydrogen-bond donors (Lipinski definition) is 1. The van der Waals surface area contributed by atoms with Gasteiger partial charge in [0.15, 0.2) is 0 Å². The molecule has 1 aromatic heterocycles. The second kappa shape index (κ2) is 7.23. The van der Waals surface area contributed by atoms with E-state index in [4.69, 9.17) is 4.98 Å². The molecule has 0 spiro atoms. The van der Waals surface area contributed by atoms with Gasteiger partial charge in [0.1, 0.15) is 5.82 Å². The van der Waals surface area contributed by atoms with E-state index in [9.17, 15) is 0 Å². The smallest absolute Gasteiger partial charge is 0.129 e. The van der Waals surface area contributed by atoms with Crippen molar-refractivity contribution in [2.45, 2.75) is 45.7 Å². The Kier molecular flexibility index (Phi) is 5.59. The summed E-state index contributed by atoms with van der Waals surface area (Å²) in [4.78, 5) is 9.66. The van der Waals surface area contributed by atoms with Crippen LogP contribution in [0.3, 0.4) is 0 Å². The molecule has 1 saturated heterocycles. The molecule has 0 aromatic carbocycles. The molecule has 0 aliphatic carbocycles. The van der Waals surface area contributed by atoms with Crippen molar-refractivity contribution < 1.29 is 0 Å². The molecule has 0 amide bonds. The third-order valence-corrected chi connectivity index (χ3v) is 4.28. The summed E-state index contributed by atoms with van der Waals surface area (Å²) in [6.45, 7) is 10.7. The van der Waals surface area contributed by atoms with E-state index in [1.807, 2.05) is 0 Å². The van der Waals surface area contributed by atoms with Crippen molar-refractivity contribution in [2.75, 3.05) is 38.6 Å². The van der Waals surface area contributed by atoms with Crippen molar-refractivity contribution in [1.82, 2.24) is 15.2 Å². The maximum Gasteiger partial charge on any atom is 0.129 e. The average molecular weight is 290 g/mol. The second-order valence-electron chi connectivity index (χ2n) is 6.55. The van der Waals surface area contributed by atoms with Gasteiger partial charge in [-0.25, -0.2) is 4.98 Å². The first-order valence-electron chi connectivity index (χ1n) is 8.14. The van der Waals surface area contributed by atoms with E-state index in [0.29, 0.717) is 12.0 Å². The highest BCUT2D eigenvalue weighted by molar-refractivity contribution is 5.44. The van der Waals surface area contributed by atoms with Gasteiger partial charge in [-0.1, -0.05) is 20.8 Å². The normalized spacial score (nSPS) is 19.0. The summed E-state index contributed by atoms with van der Waals surface area (Å²) < 4.78 is 0. The van der Waals surface area contributed by atoms with Gasteiger partial charge in [-0.3, -0.25) is 0 Å². The van der Waals surface area contributed by atoms with Crippen LogP contribution in [0.5, 0.6) is 0 Å². The summed E-state index contributed by atoms with van der Waals surface area (Å²) in [5.74, 6) is 1.62. The van der Waals surface area contributed by atoms with Crippen molar-refractivity contribution >= 4 is 5.82 Å². The molecule has 0 radical (unpaired) electrons. The highest BCUT2D eigenvalue weighted by atomic mass is 15.3. The number of likely N-dealkylation sites (N-methyl/N-ethyl adjacent to an activating group) is 1. The van der Waals surface area contributed by atoms with E-state index in [2.05, 4.69) is 62.1 Å². The van der Waals surface area contributed by atoms with Gasteiger partial charge in [-0.15, -0.1) is 0 Å². The van der Waals surface area contributed by atoms with E-state index in [0.717, 1.165) is 32.0 Å². The van der Waals surface area contributed by atoms with E-state index in [-0.39, 0.29) is 0 Å². The maximum atomic E-state index is 4.90. The van der Waals surface area contributed by atoms with Crippen molar-refractivity contribution in [3.63, 3.8) is 0 Å². The molecule has 2 heterocycles. The summed E-state index contributed by atoms with van der Waals surface area (Å²) in [5.41, 5.74) is 2.55. The highest BCUT2D eigenvalue weighted by Gasteiger charge is 2.25. The third kappa shape index (κ3) is 4.17. The first-order valence-corrected chi connectivity index (χ1v) is 8.14. The molecule has 118 valence electrons. The Hall–Kier alpha value is -1.13. The SMILES string of the molecule is CCNCc1cc(C(C)C)nc(N2CCC(N(C)C)C2)c1. The Labute approximate surface area is 129 Å². The lowest BCUT2D eigenvalue weighted by Gasteiger charge is -2.22. The van der Waals surface area contributed by atoms with Crippen LogP contribution in [-0.4, -0.2) is 49.7 Å². The number of nitrogens with one attached hydrogen (secondary N) is 1. The van der Waals surface area contributed by atoms with Gasteiger partial charge in [-0.05, 0) is 50.7 Å². The van der Waals surface area contributed by atoms with Crippen LogP contribution in [0.4, 0.5) is 5.82 Å². The van der Waals surface area contributed by atoms with Gasteiger partial charge < -0.3 is 15.1 Å². The van der Waals surface area contributed by atoms with Gasteiger partial charge in [0, 0.05) is 31.4 Å². The summed E-state index contributed by atoms with van der Waals surface area (Å²) >= 11 is 0. The quantitative estimate of drug-likeness (QED) is 0.872. The molecule has 1 aromatic rings. The largest absolute Gasteiger partial charge is 0.355 e.